The SMILES string of the molecule is NC(=O)c1cccc2c1c1cccc(F)c1n2Cc1ccc(F)c(C(F)(F)F)c1. The smallest absolute Gasteiger partial charge is 0.366 e. The van der Waals surface area contributed by atoms with E-state index in [4.69, 9.17) is 5.73 Å². The number of nitrogens with zero attached hydrogens (tertiary/aromatic N) is 1. The van der Waals surface area contributed by atoms with Crippen LogP contribution in [-0.4, -0.2) is 10.5 Å². The number of halogens is 5. The van der Waals surface area contributed by atoms with E-state index in [2.05, 4.69) is 0 Å². The van der Waals surface area contributed by atoms with Crippen molar-refractivity contribution in [3.8, 4) is 0 Å². The molecular formula is C21H13F5N2O. The number of fused-ring (bicyclic) bond motifs is 3. The van der Waals surface area contributed by atoms with Crippen LogP contribution in [-0.2, 0) is 12.7 Å². The lowest BCUT2D eigenvalue weighted by molar-refractivity contribution is -0.140. The molecule has 0 fully saturated rings. The second-order valence-corrected chi connectivity index (χ2v) is 6.60. The van der Waals surface area contributed by atoms with Crippen molar-refractivity contribution in [2.24, 2.45) is 5.73 Å². The van der Waals surface area contributed by atoms with E-state index >= 15 is 0 Å². The van der Waals surface area contributed by atoms with Crippen molar-refractivity contribution >= 4 is 27.7 Å². The van der Waals surface area contributed by atoms with Crippen LogP contribution in [0.3, 0.4) is 0 Å². The molecule has 148 valence electrons. The van der Waals surface area contributed by atoms with Crippen LogP contribution in [0.15, 0.2) is 54.6 Å². The normalized spacial score (nSPS) is 12.0. The van der Waals surface area contributed by atoms with Gasteiger partial charge in [-0.3, -0.25) is 4.79 Å². The molecule has 0 unspecified atom stereocenters. The first-order valence-electron chi connectivity index (χ1n) is 8.53. The van der Waals surface area contributed by atoms with E-state index < -0.39 is 29.3 Å². The van der Waals surface area contributed by atoms with E-state index in [9.17, 15) is 26.7 Å². The number of alkyl halides is 3. The number of carbonyl (C=O) groups is 1. The second-order valence-electron chi connectivity index (χ2n) is 6.60. The van der Waals surface area contributed by atoms with Crippen molar-refractivity contribution < 1.29 is 26.7 Å². The molecule has 4 aromatic rings. The van der Waals surface area contributed by atoms with Gasteiger partial charge in [-0.1, -0.05) is 24.3 Å². The Bertz CT molecular complexity index is 1270. The highest BCUT2D eigenvalue weighted by molar-refractivity contribution is 6.17. The highest BCUT2D eigenvalue weighted by Gasteiger charge is 2.34. The van der Waals surface area contributed by atoms with Gasteiger partial charge in [0.25, 0.3) is 0 Å². The average molecular weight is 404 g/mol. The summed E-state index contributed by atoms with van der Waals surface area (Å²) < 4.78 is 68.9. The molecule has 0 atom stereocenters. The molecule has 0 radical (unpaired) electrons. The van der Waals surface area contributed by atoms with Gasteiger partial charge in [0, 0.05) is 22.9 Å². The highest BCUT2D eigenvalue weighted by atomic mass is 19.4. The zero-order valence-electron chi connectivity index (χ0n) is 14.7. The van der Waals surface area contributed by atoms with Crippen LogP contribution in [0.25, 0.3) is 21.8 Å². The molecule has 1 heterocycles. The molecule has 0 bridgehead atoms. The zero-order valence-corrected chi connectivity index (χ0v) is 14.7. The van der Waals surface area contributed by atoms with Crippen molar-refractivity contribution in [1.29, 1.82) is 0 Å². The van der Waals surface area contributed by atoms with Gasteiger partial charge in [0.2, 0.25) is 5.91 Å². The first-order chi connectivity index (χ1) is 13.7. The number of hydrogen-bond donors (Lipinski definition) is 1. The topological polar surface area (TPSA) is 48.0 Å². The maximum absolute atomic E-state index is 14.7. The minimum atomic E-state index is -4.86. The summed E-state index contributed by atoms with van der Waals surface area (Å²) in [7, 11) is 0. The molecule has 0 aliphatic rings. The van der Waals surface area contributed by atoms with Crippen LogP contribution in [0.5, 0.6) is 0 Å². The Kier molecular flexibility index (Phi) is 4.29. The van der Waals surface area contributed by atoms with Gasteiger partial charge in [-0.05, 0) is 35.9 Å². The molecule has 0 saturated carbocycles. The van der Waals surface area contributed by atoms with Gasteiger partial charge in [-0.2, -0.15) is 13.2 Å². The van der Waals surface area contributed by atoms with Crippen molar-refractivity contribution in [2.75, 3.05) is 0 Å². The Morgan fingerprint density at radius 3 is 2.38 bits per heavy atom. The summed E-state index contributed by atoms with van der Waals surface area (Å²) in [6, 6.07) is 11.6. The highest BCUT2D eigenvalue weighted by Crippen LogP contribution is 2.35. The Morgan fingerprint density at radius 2 is 1.69 bits per heavy atom. The maximum atomic E-state index is 14.7. The molecule has 0 saturated heterocycles. The number of amides is 1. The fourth-order valence-electron chi connectivity index (χ4n) is 3.60. The third kappa shape index (κ3) is 3.10. The van der Waals surface area contributed by atoms with E-state index in [0.717, 1.165) is 6.07 Å². The molecule has 3 aromatic carbocycles. The van der Waals surface area contributed by atoms with Crippen LogP contribution in [0.4, 0.5) is 22.0 Å². The Morgan fingerprint density at radius 1 is 0.966 bits per heavy atom. The van der Waals surface area contributed by atoms with Crippen LogP contribution in [0, 0.1) is 11.6 Å². The third-order valence-electron chi connectivity index (χ3n) is 4.80. The predicted molar refractivity (Wildman–Crippen MR) is 98.4 cm³/mol. The van der Waals surface area contributed by atoms with Crippen molar-refractivity contribution in [1.82, 2.24) is 4.57 Å². The zero-order chi connectivity index (χ0) is 20.9. The lowest BCUT2D eigenvalue weighted by Crippen LogP contribution is -2.11. The lowest BCUT2D eigenvalue weighted by Gasteiger charge is -2.12. The van der Waals surface area contributed by atoms with Gasteiger partial charge in [-0.25, -0.2) is 8.78 Å². The van der Waals surface area contributed by atoms with E-state index in [0.29, 0.717) is 22.4 Å². The fraction of sp³-hybridized carbons (Fsp3) is 0.0952. The number of primary amides is 1. The van der Waals surface area contributed by atoms with Crippen LogP contribution >= 0.6 is 0 Å². The molecule has 0 aliphatic carbocycles. The summed E-state index contributed by atoms with van der Waals surface area (Å²) in [5, 5.41) is 0.820. The van der Waals surface area contributed by atoms with Crippen molar-refractivity contribution in [3.63, 3.8) is 0 Å². The van der Waals surface area contributed by atoms with Crippen LogP contribution in [0.2, 0.25) is 0 Å². The average Bonchev–Trinajstić information content (AvgIpc) is 2.97. The first kappa shape index (κ1) is 18.9. The molecule has 29 heavy (non-hydrogen) atoms. The maximum Gasteiger partial charge on any atom is 0.419 e. The minimum absolute atomic E-state index is 0.120. The quantitative estimate of drug-likeness (QED) is 0.467. The number of carbonyl (C=O) groups excluding carboxylic acids is 1. The molecule has 0 spiro atoms. The van der Waals surface area contributed by atoms with Gasteiger partial charge in [-0.15, -0.1) is 0 Å². The van der Waals surface area contributed by atoms with Crippen molar-refractivity contribution in [2.45, 2.75) is 12.7 Å². The molecule has 1 aromatic heterocycles. The van der Waals surface area contributed by atoms with E-state index in [1.165, 1.54) is 28.8 Å². The standard InChI is InChI=1S/C21H13F5N2O/c22-15-8-7-11(9-14(15)21(24,25)26)10-28-17-6-2-4-13(20(27)29)18(17)12-3-1-5-16(23)19(12)28/h1-9H,10H2,(H2,27,29). The number of nitrogens with two attached hydrogens (primary N) is 1. The summed E-state index contributed by atoms with van der Waals surface area (Å²) in [5.41, 5.74) is 4.90. The first-order valence-corrected chi connectivity index (χ1v) is 8.53. The van der Waals surface area contributed by atoms with Gasteiger partial charge in [0.15, 0.2) is 0 Å². The van der Waals surface area contributed by atoms with E-state index in [-0.39, 0.29) is 23.2 Å². The van der Waals surface area contributed by atoms with Gasteiger partial charge >= 0.3 is 6.18 Å². The Hall–Kier alpha value is -3.42. The molecule has 3 nitrogen and oxygen atoms in total. The van der Waals surface area contributed by atoms with E-state index in [1.54, 1.807) is 18.2 Å². The molecule has 0 aliphatic heterocycles. The lowest BCUT2D eigenvalue weighted by atomic mass is 10.1. The van der Waals surface area contributed by atoms with E-state index in [1.807, 2.05) is 0 Å². The number of hydrogen-bond acceptors (Lipinski definition) is 1. The third-order valence-corrected chi connectivity index (χ3v) is 4.80. The monoisotopic (exact) mass is 404 g/mol. The van der Waals surface area contributed by atoms with Gasteiger partial charge < -0.3 is 10.3 Å². The molecular weight excluding hydrogens is 391 g/mol. The second kappa shape index (κ2) is 6.58. The predicted octanol–water partition coefficient (Wildman–Crippen LogP) is 5.24. The number of benzene rings is 3. The van der Waals surface area contributed by atoms with Crippen molar-refractivity contribution in [3.05, 3.63) is 82.9 Å². The van der Waals surface area contributed by atoms with Crippen LogP contribution in [0.1, 0.15) is 21.5 Å². The summed E-state index contributed by atoms with van der Waals surface area (Å²) in [4.78, 5) is 11.9. The number of aromatic nitrogens is 1. The van der Waals surface area contributed by atoms with Gasteiger partial charge in [0.1, 0.15) is 11.6 Å². The molecule has 2 N–H and O–H groups in total. The summed E-state index contributed by atoms with van der Waals surface area (Å²) in [6.07, 6.45) is -4.86. The molecule has 8 heteroatoms. The van der Waals surface area contributed by atoms with Crippen LogP contribution < -0.4 is 5.73 Å². The minimum Gasteiger partial charge on any atom is -0.366 e. The Labute approximate surface area is 161 Å². The Balaban J connectivity index is 1.99. The van der Waals surface area contributed by atoms with Gasteiger partial charge in [0.05, 0.1) is 16.6 Å². The summed E-state index contributed by atoms with van der Waals surface area (Å²) >= 11 is 0. The summed E-state index contributed by atoms with van der Waals surface area (Å²) in [6.45, 7) is -0.160. The summed E-state index contributed by atoms with van der Waals surface area (Å²) in [5.74, 6) is -2.70. The fourth-order valence-corrected chi connectivity index (χ4v) is 3.60. The number of rotatable bonds is 3. The molecule has 1 amide bonds. The number of para-hydroxylation sites is 1. The largest absolute Gasteiger partial charge is 0.419 e. The molecule has 4 rings (SSSR count).